The number of para-hydroxylation sites is 5. The normalized spacial score (nSPS) is 11.7. The second-order valence-corrected chi connectivity index (χ2v) is 10.7. The van der Waals surface area contributed by atoms with Crippen LogP contribution in [0.4, 0.5) is 0 Å². The van der Waals surface area contributed by atoms with Crippen LogP contribution in [-0.2, 0) is 0 Å². The van der Waals surface area contributed by atoms with Gasteiger partial charge in [-0.05, 0) is 54.6 Å². The van der Waals surface area contributed by atoms with Gasteiger partial charge >= 0.3 is 0 Å². The molecular weight excluding hydrogens is 528 g/mol. The van der Waals surface area contributed by atoms with Crippen LogP contribution in [0.2, 0.25) is 0 Å². The molecule has 0 bridgehead atoms. The third kappa shape index (κ3) is 3.52. The maximum absolute atomic E-state index is 6.58. The maximum Gasteiger partial charge on any atom is 0.250 e. The maximum atomic E-state index is 6.58. The van der Waals surface area contributed by atoms with Crippen LogP contribution in [0.15, 0.2) is 150 Å². The van der Waals surface area contributed by atoms with Gasteiger partial charge in [0.1, 0.15) is 0 Å². The largest absolute Gasteiger partial charge is 0.416 e. The van der Waals surface area contributed by atoms with Crippen molar-refractivity contribution in [1.29, 1.82) is 0 Å². The van der Waals surface area contributed by atoms with Crippen LogP contribution >= 0.6 is 0 Å². The monoisotopic (exact) mass is 552 g/mol. The molecule has 0 unspecified atom stereocenters. The van der Waals surface area contributed by atoms with Crippen LogP contribution in [0.25, 0.3) is 77.9 Å². The summed E-state index contributed by atoms with van der Waals surface area (Å²) in [5, 5.41) is 13.8. The topological polar surface area (TPSA) is 48.8 Å². The van der Waals surface area contributed by atoms with E-state index in [2.05, 4.69) is 153 Å². The number of hydrogen-bond acceptors (Lipinski definition) is 3. The van der Waals surface area contributed by atoms with Gasteiger partial charge in [-0.15, -0.1) is 10.2 Å². The average Bonchev–Trinajstić information content (AvgIpc) is 3.78. The second kappa shape index (κ2) is 9.29. The molecule has 0 aliphatic rings. The Labute approximate surface area is 246 Å². The Balaban J connectivity index is 1.29. The van der Waals surface area contributed by atoms with E-state index in [1.54, 1.807) is 0 Å². The lowest BCUT2D eigenvalue weighted by Crippen LogP contribution is -1.95. The number of nitrogens with zero attached hydrogens (tertiary/aromatic N) is 4. The molecule has 0 saturated carbocycles. The first kappa shape index (κ1) is 23.7. The fourth-order valence-corrected chi connectivity index (χ4v) is 6.53. The van der Waals surface area contributed by atoms with Crippen molar-refractivity contribution in [3.63, 3.8) is 0 Å². The quantitative estimate of drug-likeness (QED) is 0.218. The summed E-state index contributed by atoms with van der Waals surface area (Å²) in [5.74, 6) is 0.986. The molecule has 3 heterocycles. The van der Waals surface area contributed by atoms with Gasteiger partial charge in [0.2, 0.25) is 11.8 Å². The van der Waals surface area contributed by atoms with E-state index in [-0.39, 0.29) is 0 Å². The highest BCUT2D eigenvalue weighted by atomic mass is 16.4. The summed E-state index contributed by atoms with van der Waals surface area (Å²) in [5.41, 5.74) is 8.41. The summed E-state index contributed by atoms with van der Waals surface area (Å²) < 4.78 is 11.2. The van der Waals surface area contributed by atoms with E-state index in [1.807, 2.05) is 12.1 Å². The Morgan fingerprint density at radius 2 is 0.907 bits per heavy atom. The third-order valence-corrected chi connectivity index (χ3v) is 8.31. The number of benzene rings is 6. The summed E-state index contributed by atoms with van der Waals surface area (Å²) >= 11 is 0. The van der Waals surface area contributed by atoms with E-state index in [9.17, 15) is 0 Å². The van der Waals surface area contributed by atoms with Gasteiger partial charge in [-0.2, -0.15) is 0 Å². The minimum Gasteiger partial charge on any atom is -0.416 e. The van der Waals surface area contributed by atoms with E-state index in [0.29, 0.717) is 11.8 Å². The lowest BCUT2D eigenvalue weighted by molar-refractivity contribution is 0.585. The lowest BCUT2D eigenvalue weighted by atomic mass is 10.1. The molecule has 9 aromatic rings. The van der Waals surface area contributed by atoms with Crippen LogP contribution in [0.5, 0.6) is 0 Å². The molecule has 43 heavy (non-hydrogen) atoms. The predicted molar refractivity (Wildman–Crippen MR) is 174 cm³/mol. The van der Waals surface area contributed by atoms with E-state index in [1.165, 1.54) is 5.39 Å². The van der Waals surface area contributed by atoms with E-state index >= 15 is 0 Å². The fourth-order valence-electron chi connectivity index (χ4n) is 6.53. The molecule has 0 atom stereocenters. The zero-order valence-electron chi connectivity index (χ0n) is 23.1. The fraction of sp³-hybridized carbons (Fsp3) is 0. The Kier molecular flexibility index (Phi) is 5.13. The average molecular weight is 553 g/mol. The van der Waals surface area contributed by atoms with Crippen molar-refractivity contribution in [3.05, 3.63) is 146 Å². The highest BCUT2D eigenvalue weighted by Gasteiger charge is 2.22. The second-order valence-electron chi connectivity index (χ2n) is 10.7. The molecule has 6 aromatic carbocycles. The van der Waals surface area contributed by atoms with Gasteiger partial charge in [0.05, 0.1) is 27.6 Å². The van der Waals surface area contributed by atoms with Crippen molar-refractivity contribution >= 4 is 43.6 Å². The summed E-state index contributed by atoms with van der Waals surface area (Å²) in [6.07, 6.45) is 0. The smallest absolute Gasteiger partial charge is 0.250 e. The van der Waals surface area contributed by atoms with E-state index < -0.39 is 0 Å². The first-order chi connectivity index (χ1) is 21.4. The van der Waals surface area contributed by atoms with Crippen molar-refractivity contribution in [1.82, 2.24) is 19.3 Å². The van der Waals surface area contributed by atoms with Crippen LogP contribution < -0.4 is 0 Å². The Hall–Kier alpha value is -5.94. The van der Waals surface area contributed by atoms with Crippen LogP contribution in [0, 0.1) is 0 Å². The van der Waals surface area contributed by atoms with Gasteiger partial charge in [-0.25, -0.2) is 0 Å². The summed E-state index contributed by atoms with van der Waals surface area (Å²) in [6.45, 7) is 0. The summed E-state index contributed by atoms with van der Waals surface area (Å²) in [4.78, 5) is 0. The highest BCUT2D eigenvalue weighted by Crippen LogP contribution is 2.41. The van der Waals surface area contributed by atoms with Crippen molar-refractivity contribution in [2.24, 2.45) is 0 Å². The number of hydrogen-bond donors (Lipinski definition) is 0. The molecule has 0 N–H and O–H groups in total. The Bertz CT molecular complexity index is 2450. The molecule has 0 spiro atoms. The molecule has 0 aliphatic heterocycles. The minimum atomic E-state index is 0.490. The molecule has 9 rings (SSSR count). The third-order valence-electron chi connectivity index (χ3n) is 8.31. The Morgan fingerprint density at radius 3 is 1.65 bits per heavy atom. The molecule has 0 aliphatic carbocycles. The van der Waals surface area contributed by atoms with Crippen molar-refractivity contribution in [2.45, 2.75) is 0 Å². The van der Waals surface area contributed by atoms with E-state index in [4.69, 9.17) is 4.42 Å². The molecule has 202 valence electrons. The lowest BCUT2D eigenvalue weighted by Gasteiger charge is -2.09. The molecule has 5 heteroatoms. The van der Waals surface area contributed by atoms with Gasteiger partial charge < -0.3 is 13.6 Å². The van der Waals surface area contributed by atoms with Crippen molar-refractivity contribution in [3.8, 4) is 34.3 Å². The molecule has 3 aromatic heterocycles. The van der Waals surface area contributed by atoms with Gasteiger partial charge in [-0.3, -0.25) is 0 Å². The highest BCUT2D eigenvalue weighted by molar-refractivity contribution is 6.15. The molecule has 0 amide bonds. The SMILES string of the molecule is c1ccc(-n2c3ccccc3c3c(-c4nnc(-c5cccc6c7ccccc7n(-c7ccccc7)c56)o4)cccc32)cc1. The summed E-state index contributed by atoms with van der Waals surface area (Å²) in [7, 11) is 0. The van der Waals surface area contributed by atoms with Crippen LogP contribution in [-0.4, -0.2) is 19.3 Å². The van der Waals surface area contributed by atoms with Gasteiger partial charge in [0.15, 0.2) is 0 Å². The first-order valence-corrected chi connectivity index (χ1v) is 14.4. The van der Waals surface area contributed by atoms with Gasteiger partial charge in [-0.1, -0.05) is 91.0 Å². The number of fused-ring (bicyclic) bond motifs is 6. The standard InChI is InChI=1S/C38H24N4O/c1-3-13-25(14-4-1)41-33-23-10-8-18-29(33)35-30(20-12-24-34(35)41)37-39-40-38(43-37)31-21-11-19-28-27-17-7-9-22-32(27)42(36(28)31)26-15-5-2-6-16-26/h1-24H. The minimum absolute atomic E-state index is 0.490. The van der Waals surface area contributed by atoms with Crippen molar-refractivity contribution < 1.29 is 4.42 Å². The molecule has 0 radical (unpaired) electrons. The molecule has 5 nitrogen and oxygen atoms in total. The Morgan fingerprint density at radius 1 is 0.395 bits per heavy atom. The number of aromatic nitrogens is 4. The molecule has 0 saturated heterocycles. The van der Waals surface area contributed by atoms with Crippen molar-refractivity contribution in [2.75, 3.05) is 0 Å². The molecule has 0 fully saturated rings. The van der Waals surface area contributed by atoms with E-state index in [0.717, 1.165) is 60.7 Å². The zero-order chi connectivity index (χ0) is 28.3. The number of rotatable bonds is 4. The predicted octanol–water partition coefficient (Wildman–Crippen LogP) is 9.60. The summed E-state index contributed by atoms with van der Waals surface area (Å²) in [6, 6.07) is 50.5. The molecular formula is C38H24N4O. The zero-order valence-corrected chi connectivity index (χ0v) is 23.1. The van der Waals surface area contributed by atoms with Crippen LogP contribution in [0.3, 0.4) is 0 Å². The van der Waals surface area contributed by atoms with Gasteiger partial charge in [0, 0.05) is 38.5 Å². The van der Waals surface area contributed by atoms with Gasteiger partial charge in [0.25, 0.3) is 0 Å². The van der Waals surface area contributed by atoms with Crippen LogP contribution in [0.1, 0.15) is 0 Å². The first-order valence-electron chi connectivity index (χ1n) is 14.4.